The van der Waals surface area contributed by atoms with Gasteiger partial charge in [0.2, 0.25) is 0 Å². The third-order valence-corrected chi connectivity index (χ3v) is 2.03. The minimum atomic E-state index is -0.949. The molecule has 0 aliphatic heterocycles. The Morgan fingerprint density at radius 3 is 2.73 bits per heavy atom. The number of carboxylic acids is 1. The zero-order valence-corrected chi connectivity index (χ0v) is 9.17. The normalized spacial score (nSPS) is 12.8. The van der Waals surface area contributed by atoms with Gasteiger partial charge in [0.05, 0.1) is 12.4 Å². The summed E-state index contributed by atoms with van der Waals surface area (Å²) < 4.78 is 7.00. The van der Waals surface area contributed by atoms with Crippen LogP contribution >= 0.6 is 0 Å². The van der Waals surface area contributed by atoms with Crippen molar-refractivity contribution in [2.24, 2.45) is 0 Å². The van der Waals surface area contributed by atoms with E-state index in [1.54, 1.807) is 17.8 Å². The van der Waals surface area contributed by atoms with E-state index < -0.39 is 12.1 Å². The number of hydrogen-bond acceptors (Lipinski definition) is 3. The summed E-state index contributed by atoms with van der Waals surface area (Å²) >= 11 is 0. The Morgan fingerprint density at radius 1 is 1.67 bits per heavy atom. The molecule has 0 aliphatic carbocycles. The highest BCUT2D eigenvalue weighted by atomic mass is 16.5. The van der Waals surface area contributed by atoms with Gasteiger partial charge >= 0.3 is 5.97 Å². The van der Waals surface area contributed by atoms with E-state index in [0.717, 1.165) is 0 Å². The van der Waals surface area contributed by atoms with E-state index in [9.17, 15) is 4.79 Å². The largest absolute Gasteiger partial charge is 0.479 e. The topological polar surface area (TPSA) is 64.4 Å². The van der Waals surface area contributed by atoms with Crippen molar-refractivity contribution in [3.05, 3.63) is 12.4 Å². The average Bonchev–Trinajstić information content (AvgIpc) is 2.61. The first-order valence-electron chi connectivity index (χ1n) is 4.98. The number of aliphatic carboxylic acids is 1. The predicted molar refractivity (Wildman–Crippen MR) is 55.0 cm³/mol. The van der Waals surface area contributed by atoms with Crippen LogP contribution in [0.15, 0.2) is 12.4 Å². The summed E-state index contributed by atoms with van der Waals surface area (Å²) in [5, 5.41) is 12.9. The first kappa shape index (κ1) is 11.6. The fourth-order valence-electron chi connectivity index (χ4n) is 1.14. The van der Waals surface area contributed by atoms with Crippen molar-refractivity contribution in [2.45, 2.75) is 39.3 Å². The second kappa shape index (κ2) is 4.82. The molecule has 5 heteroatoms. The van der Waals surface area contributed by atoms with Crippen molar-refractivity contribution in [1.82, 2.24) is 9.78 Å². The molecule has 0 radical (unpaired) electrons. The number of ether oxygens (including phenoxy) is 1. The van der Waals surface area contributed by atoms with Gasteiger partial charge in [-0.3, -0.25) is 4.68 Å². The predicted octanol–water partition coefficient (Wildman–Crippen LogP) is 1.71. The zero-order valence-electron chi connectivity index (χ0n) is 9.17. The highest BCUT2D eigenvalue weighted by Gasteiger charge is 2.17. The average molecular weight is 212 g/mol. The number of hydrogen-bond donors (Lipinski definition) is 1. The number of rotatable bonds is 5. The number of aromatic nitrogens is 2. The van der Waals surface area contributed by atoms with Gasteiger partial charge in [0.25, 0.3) is 0 Å². The third kappa shape index (κ3) is 2.97. The van der Waals surface area contributed by atoms with E-state index >= 15 is 0 Å². The van der Waals surface area contributed by atoms with Crippen LogP contribution in [-0.4, -0.2) is 27.0 Å². The first-order chi connectivity index (χ1) is 7.04. The Bertz CT molecular complexity index is 333. The van der Waals surface area contributed by atoms with Gasteiger partial charge in [0.15, 0.2) is 11.9 Å². The van der Waals surface area contributed by atoms with Crippen molar-refractivity contribution in [3.8, 4) is 5.75 Å². The summed E-state index contributed by atoms with van der Waals surface area (Å²) in [5.74, 6) is -0.451. The maximum absolute atomic E-state index is 10.7. The van der Waals surface area contributed by atoms with Gasteiger partial charge in [-0.1, -0.05) is 6.92 Å². The quantitative estimate of drug-likeness (QED) is 0.806. The van der Waals surface area contributed by atoms with Gasteiger partial charge in [-0.15, -0.1) is 0 Å². The summed E-state index contributed by atoms with van der Waals surface area (Å²) in [6.07, 6.45) is 2.87. The van der Waals surface area contributed by atoms with Gasteiger partial charge in [-0.05, 0) is 20.3 Å². The Hall–Kier alpha value is -1.52. The van der Waals surface area contributed by atoms with Gasteiger partial charge in [0.1, 0.15) is 0 Å². The van der Waals surface area contributed by atoms with Crippen LogP contribution < -0.4 is 4.74 Å². The molecule has 0 saturated heterocycles. The van der Waals surface area contributed by atoms with Gasteiger partial charge in [-0.25, -0.2) is 4.79 Å². The van der Waals surface area contributed by atoms with Crippen LogP contribution in [0.3, 0.4) is 0 Å². The molecule has 0 aromatic carbocycles. The molecule has 0 bridgehead atoms. The summed E-state index contributed by atoms with van der Waals surface area (Å²) in [6.45, 7) is 5.75. The lowest BCUT2D eigenvalue weighted by Gasteiger charge is -2.10. The van der Waals surface area contributed by atoms with E-state index in [0.29, 0.717) is 12.2 Å². The summed E-state index contributed by atoms with van der Waals surface area (Å²) in [5.41, 5.74) is 0. The molecule has 0 aliphatic rings. The second-order valence-electron chi connectivity index (χ2n) is 3.60. The minimum absolute atomic E-state index is 0.243. The van der Waals surface area contributed by atoms with E-state index in [4.69, 9.17) is 9.84 Å². The smallest absolute Gasteiger partial charge is 0.344 e. The summed E-state index contributed by atoms with van der Waals surface area (Å²) in [4.78, 5) is 10.7. The molecular formula is C10H16N2O3. The molecule has 0 saturated carbocycles. The van der Waals surface area contributed by atoms with Crippen molar-refractivity contribution in [1.29, 1.82) is 0 Å². The van der Waals surface area contributed by atoms with E-state index in [2.05, 4.69) is 5.10 Å². The molecule has 1 unspecified atom stereocenters. The van der Waals surface area contributed by atoms with Crippen molar-refractivity contribution in [3.63, 3.8) is 0 Å². The molecule has 0 spiro atoms. The van der Waals surface area contributed by atoms with Crippen LogP contribution in [0, 0.1) is 0 Å². The molecule has 1 rings (SSSR count). The highest BCUT2D eigenvalue weighted by molar-refractivity contribution is 5.72. The first-order valence-corrected chi connectivity index (χ1v) is 4.98. The lowest BCUT2D eigenvalue weighted by Crippen LogP contribution is -2.25. The van der Waals surface area contributed by atoms with Crippen molar-refractivity contribution in [2.75, 3.05) is 0 Å². The van der Waals surface area contributed by atoms with Crippen LogP contribution in [0.1, 0.15) is 33.2 Å². The number of nitrogens with zero attached hydrogens (tertiary/aromatic N) is 2. The maximum Gasteiger partial charge on any atom is 0.344 e. The molecule has 0 amide bonds. The van der Waals surface area contributed by atoms with Crippen LogP contribution in [0.4, 0.5) is 0 Å². The Labute approximate surface area is 88.7 Å². The molecule has 0 fully saturated rings. The Morgan fingerprint density at radius 2 is 2.33 bits per heavy atom. The molecule has 1 heterocycles. The van der Waals surface area contributed by atoms with Gasteiger partial charge in [0, 0.05) is 6.04 Å². The number of carboxylic acid groups (broad SMARTS) is 1. The molecule has 84 valence electrons. The van der Waals surface area contributed by atoms with Gasteiger partial charge < -0.3 is 9.84 Å². The Balaban J connectivity index is 2.67. The summed E-state index contributed by atoms with van der Waals surface area (Å²) in [6, 6.07) is 0.243. The van der Waals surface area contributed by atoms with Crippen LogP contribution in [0.25, 0.3) is 0 Å². The van der Waals surface area contributed by atoms with Crippen molar-refractivity contribution >= 4 is 5.97 Å². The van der Waals surface area contributed by atoms with Gasteiger partial charge in [-0.2, -0.15) is 5.10 Å². The Kier molecular flexibility index (Phi) is 3.71. The highest BCUT2D eigenvalue weighted by Crippen LogP contribution is 2.15. The maximum atomic E-state index is 10.7. The minimum Gasteiger partial charge on any atom is -0.479 e. The van der Waals surface area contributed by atoms with Crippen LogP contribution in [0.2, 0.25) is 0 Å². The monoisotopic (exact) mass is 212 g/mol. The van der Waals surface area contributed by atoms with E-state index in [1.807, 2.05) is 13.8 Å². The third-order valence-electron chi connectivity index (χ3n) is 2.03. The lowest BCUT2D eigenvalue weighted by molar-refractivity contribution is -0.145. The fourth-order valence-corrected chi connectivity index (χ4v) is 1.14. The molecule has 5 nitrogen and oxygen atoms in total. The summed E-state index contributed by atoms with van der Waals surface area (Å²) in [7, 11) is 0. The molecule has 1 atom stereocenters. The fraction of sp³-hybridized carbons (Fsp3) is 0.600. The SMILES string of the molecule is CCC(Oc1cnn(C(C)C)c1)C(=O)O. The van der Waals surface area contributed by atoms with Crippen LogP contribution in [0.5, 0.6) is 5.75 Å². The molecule has 1 aromatic rings. The van der Waals surface area contributed by atoms with Crippen LogP contribution in [-0.2, 0) is 4.79 Å². The standard InChI is InChI=1S/C10H16N2O3/c1-4-9(10(13)14)15-8-5-11-12(6-8)7(2)3/h5-7,9H,4H2,1-3H3,(H,13,14). The lowest BCUT2D eigenvalue weighted by atomic mass is 10.3. The molecule has 1 aromatic heterocycles. The van der Waals surface area contributed by atoms with E-state index in [-0.39, 0.29) is 6.04 Å². The second-order valence-corrected chi connectivity index (χ2v) is 3.60. The molecule has 1 N–H and O–H groups in total. The molecule has 15 heavy (non-hydrogen) atoms. The van der Waals surface area contributed by atoms with Crippen molar-refractivity contribution < 1.29 is 14.6 Å². The number of carbonyl (C=O) groups is 1. The zero-order chi connectivity index (χ0) is 11.4. The van der Waals surface area contributed by atoms with E-state index in [1.165, 1.54) is 6.20 Å². The molecular weight excluding hydrogens is 196 g/mol.